The third-order valence-electron chi connectivity index (χ3n) is 3.75. The molecule has 0 aliphatic carbocycles. The van der Waals surface area contributed by atoms with E-state index in [1.165, 1.54) is 0 Å². The number of nitrogens with zero attached hydrogens (tertiary/aromatic N) is 2. The highest BCUT2D eigenvalue weighted by Crippen LogP contribution is 2.19. The molecule has 0 atom stereocenters. The van der Waals surface area contributed by atoms with Crippen molar-refractivity contribution in [2.24, 2.45) is 0 Å². The van der Waals surface area contributed by atoms with Crippen LogP contribution in [-0.4, -0.2) is 33.5 Å². The number of aryl methyl sites for hydroxylation is 1. The van der Waals surface area contributed by atoms with Crippen LogP contribution in [0, 0.1) is 6.92 Å². The summed E-state index contributed by atoms with van der Waals surface area (Å²) in [5.74, 6) is 0.901. The molecule has 27 heavy (non-hydrogen) atoms. The third kappa shape index (κ3) is 5.24. The number of anilines is 1. The number of benzene rings is 2. The molecule has 138 valence electrons. The lowest BCUT2D eigenvalue weighted by molar-refractivity contribution is -0.116. The molecule has 3 rings (SSSR count). The molecule has 0 aliphatic heterocycles. The molecule has 0 aliphatic rings. The minimum Gasteiger partial charge on any atom is -0.352 e. The number of aromatic amines is 1. The van der Waals surface area contributed by atoms with Crippen molar-refractivity contribution in [1.29, 1.82) is 0 Å². The van der Waals surface area contributed by atoms with Gasteiger partial charge in [-0.1, -0.05) is 28.1 Å². The SMILES string of the molecule is Cc1nc(-c2cccc(NC(=O)CCNC(=O)c3ccc(Br)cc3)c2)n[nH]1. The number of halogens is 1. The van der Waals surface area contributed by atoms with Gasteiger partial charge in [-0.3, -0.25) is 14.7 Å². The molecule has 0 fully saturated rings. The Hall–Kier alpha value is -3.00. The standard InChI is InChI=1S/C19H18BrN5O2/c1-12-22-18(25-24-12)14-3-2-4-16(11-14)23-17(26)9-10-21-19(27)13-5-7-15(20)8-6-13/h2-8,11H,9-10H2,1H3,(H,21,27)(H,23,26)(H,22,24,25). The molecule has 3 N–H and O–H groups in total. The maximum atomic E-state index is 12.1. The summed E-state index contributed by atoms with van der Waals surface area (Å²) in [6.45, 7) is 2.07. The zero-order valence-corrected chi connectivity index (χ0v) is 16.2. The monoisotopic (exact) mass is 427 g/mol. The van der Waals surface area contributed by atoms with Crippen molar-refractivity contribution in [3.8, 4) is 11.4 Å². The van der Waals surface area contributed by atoms with Crippen LogP contribution in [0.25, 0.3) is 11.4 Å². The van der Waals surface area contributed by atoms with Crippen LogP contribution >= 0.6 is 15.9 Å². The molecular formula is C19H18BrN5O2. The Bertz CT molecular complexity index is 953. The Kier molecular flexibility index (Phi) is 5.97. The molecule has 2 aromatic carbocycles. The fourth-order valence-corrected chi connectivity index (χ4v) is 2.69. The van der Waals surface area contributed by atoms with Crippen LogP contribution in [0.1, 0.15) is 22.6 Å². The number of nitrogens with one attached hydrogen (secondary N) is 3. The molecule has 0 saturated carbocycles. The molecular weight excluding hydrogens is 410 g/mol. The van der Waals surface area contributed by atoms with E-state index in [0.717, 1.165) is 15.9 Å². The van der Waals surface area contributed by atoms with Gasteiger partial charge < -0.3 is 10.6 Å². The van der Waals surface area contributed by atoms with Crippen molar-refractivity contribution < 1.29 is 9.59 Å². The first-order chi connectivity index (χ1) is 13.0. The van der Waals surface area contributed by atoms with Gasteiger partial charge in [0.15, 0.2) is 5.82 Å². The third-order valence-corrected chi connectivity index (χ3v) is 4.27. The van der Waals surface area contributed by atoms with Crippen LogP contribution in [0.5, 0.6) is 0 Å². The van der Waals surface area contributed by atoms with Crippen molar-refractivity contribution in [2.45, 2.75) is 13.3 Å². The molecule has 0 bridgehead atoms. The van der Waals surface area contributed by atoms with Gasteiger partial charge in [0.25, 0.3) is 5.91 Å². The summed E-state index contributed by atoms with van der Waals surface area (Å²) < 4.78 is 0.904. The average molecular weight is 428 g/mol. The smallest absolute Gasteiger partial charge is 0.251 e. The van der Waals surface area contributed by atoms with E-state index >= 15 is 0 Å². The van der Waals surface area contributed by atoms with Crippen LogP contribution < -0.4 is 10.6 Å². The fraction of sp³-hybridized carbons (Fsp3) is 0.158. The molecule has 8 heteroatoms. The quantitative estimate of drug-likeness (QED) is 0.561. The van der Waals surface area contributed by atoms with Crippen molar-refractivity contribution in [1.82, 2.24) is 20.5 Å². The Morgan fingerprint density at radius 1 is 1.15 bits per heavy atom. The van der Waals surface area contributed by atoms with Gasteiger partial charge in [0.05, 0.1) is 0 Å². The van der Waals surface area contributed by atoms with E-state index in [0.29, 0.717) is 17.1 Å². The van der Waals surface area contributed by atoms with E-state index in [4.69, 9.17) is 0 Å². The first-order valence-electron chi connectivity index (χ1n) is 8.34. The molecule has 0 unspecified atom stereocenters. The van der Waals surface area contributed by atoms with Crippen LogP contribution in [-0.2, 0) is 4.79 Å². The van der Waals surface area contributed by atoms with E-state index < -0.39 is 0 Å². The molecule has 0 spiro atoms. The second-order valence-electron chi connectivity index (χ2n) is 5.89. The number of aromatic nitrogens is 3. The number of carbonyl (C=O) groups excluding carboxylic acids is 2. The highest BCUT2D eigenvalue weighted by Gasteiger charge is 2.09. The zero-order chi connectivity index (χ0) is 19.2. The molecule has 7 nitrogen and oxygen atoms in total. The maximum Gasteiger partial charge on any atom is 0.251 e. The van der Waals surface area contributed by atoms with Crippen molar-refractivity contribution in [3.63, 3.8) is 0 Å². The number of hydrogen-bond donors (Lipinski definition) is 3. The summed E-state index contributed by atoms with van der Waals surface area (Å²) in [5.41, 5.74) is 2.01. The summed E-state index contributed by atoms with van der Waals surface area (Å²) in [5, 5.41) is 12.5. The van der Waals surface area contributed by atoms with Crippen LogP contribution in [0.15, 0.2) is 53.0 Å². The van der Waals surface area contributed by atoms with Gasteiger partial charge >= 0.3 is 0 Å². The predicted octanol–water partition coefficient (Wildman–Crippen LogP) is 3.30. The first-order valence-corrected chi connectivity index (χ1v) is 9.13. The fourth-order valence-electron chi connectivity index (χ4n) is 2.42. The molecule has 1 aromatic heterocycles. The van der Waals surface area contributed by atoms with E-state index in [1.54, 1.807) is 36.4 Å². The van der Waals surface area contributed by atoms with Gasteiger partial charge in [0.1, 0.15) is 5.82 Å². The minimum absolute atomic E-state index is 0.173. The normalized spacial score (nSPS) is 10.4. The summed E-state index contributed by atoms with van der Waals surface area (Å²) >= 11 is 3.32. The molecule has 0 saturated heterocycles. The Morgan fingerprint density at radius 2 is 1.93 bits per heavy atom. The summed E-state index contributed by atoms with van der Waals surface area (Å²) in [7, 11) is 0. The molecule has 0 radical (unpaired) electrons. The Balaban J connectivity index is 1.51. The van der Waals surface area contributed by atoms with Gasteiger partial charge in [-0.25, -0.2) is 4.98 Å². The number of rotatable bonds is 6. The topological polar surface area (TPSA) is 99.8 Å². The molecule has 1 heterocycles. The first kappa shape index (κ1) is 18.8. The van der Waals surface area contributed by atoms with Crippen LogP contribution in [0.2, 0.25) is 0 Å². The summed E-state index contributed by atoms with van der Waals surface area (Å²) in [6.07, 6.45) is 0.173. The van der Waals surface area contributed by atoms with Gasteiger partial charge in [0.2, 0.25) is 5.91 Å². The zero-order valence-electron chi connectivity index (χ0n) is 14.6. The minimum atomic E-state index is -0.211. The van der Waals surface area contributed by atoms with Crippen molar-refractivity contribution >= 4 is 33.4 Å². The highest BCUT2D eigenvalue weighted by atomic mass is 79.9. The van der Waals surface area contributed by atoms with E-state index in [2.05, 4.69) is 41.7 Å². The van der Waals surface area contributed by atoms with Crippen molar-refractivity contribution in [3.05, 3.63) is 64.4 Å². The number of carbonyl (C=O) groups is 2. The lowest BCUT2D eigenvalue weighted by Crippen LogP contribution is -2.27. The van der Waals surface area contributed by atoms with Crippen molar-refractivity contribution in [2.75, 3.05) is 11.9 Å². The predicted molar refractivity (Wildman–Crippen MR) is 106 cm³/mol. The Morgan fingerprint density at radius 3 is 2.63 bits per heavy atom. The van der Waals surface area contributed by atoms with E-state index in [-0.39, 0.29) is 24.8 Å². The van der Waals surface area contributed by atoms with E-state index in [9.17, 15) is 9.59 Å². The Labute approximate surface area is 164 Å². The average Bonchev–Trinajstić information content (AvgIpc) is 3.09. The maximum absolute atomic E-state index is 12.1. The van der Waals surface area contributed by atoms with Gasteiger partial charge in [0, 0.05) is 34.3 Å². The van der Waals surface area contributed by atoms with Crippen LogP contribution in [0.3, 0.4) is 0 Å². The van der Waals surface area contributed by atoms with Crippen LogP contribution in [0.4, 0.5) is 5.69 Å². The summed E-state index contributed by atoms with van der Waals surface area (Å²) in [4.78, 5) is 28.4. The number of hydrogen-bond acceptors (Lipinski definition) is 4. The highest BCUT2D eigenvalue weighted by molar-refractivity contribution is 9.10. The van der Waals surface area contributed by atoms with Gasteiger partial charge in [-0.2, -0.15) is 5.10 Å². The largest absolute Gasteiger partial charge is 0.352 e. The van der Waals surface area contributed by atoms with Gasteiger partial charge in [-0.05, 0) is 43.3 Å². The molecule has 2 amide bonds. The lowest BCUT2D eigenvalue weighted by atomic mass is 10.2. The van der Waals surface area contributed by atoms with Gasteiger partial charge in [-0.15, -0.1) is 0 Å². The second-order valence-corrected chi connectivity index (χ2v) is 6.80. The second kappa shape index (κ2) is 8.59. The number of H-pyrrole nitrogens is 1. The van der Waals surface area contributed by atoms with E-state index in [1.807, 2.05) is 19.1 Å². The summed E-state index contributed by atoms with van der Waals surface area (Å²) in [6, 6.07) is 14.3. The molecule has 3 aromatic rings. The number of amides is 2. The lowest BCUT2D eigenvalue weighted by Gasteiger charge is -2.08.